The lowest BCUT2D eigenvalue weighted by molar-refractivity contribution is 0.951. The minimum absolute atomic E-state index is 0.118. The molecule has 0 aliphatic carbocycles. The molecule has 2 heterocycles. The third-order valence-corrected chi connectivity index (χ3v) is 4.40. The summed E-state index contributed by atoms with van der Waals surface area (Å²) in [6.07, 6.45) is 1.73. The van der Waals surface area contributed by atoms with E-state index in [2.05, 4.69) is 36.8 Å². The van der Waals surface area contributed by atoms with Crippen molar-refractivity contribution in [3.63, 3.8) is 0 Å². The smallest absolute Gasteiger partial charge is 0.269 e. The van der Waals surface area contributed by atoms with Crippen molar-refractivity contribution in [2.45, 2.75) is 0 Å². The number of rotatable bonds is 2. The predicted octanol–water partition coefficient (Wildman–Crippen LogP) is 4.42. The second kappa shape index (κ2) is 5.95. The SMILES string of the molecule is O=c1c(Br)cc(-c2ccccn2)c(Br)n1-c1ccccc1. The first kappa shape index (κ1) is 14.2. The maximum Gasteiger partial charge on any atom is 0.270 e. The van der Waals surface area contributed by atoms with Crippen molar-refractivity contribution in [2.24, 2.45) is 0 Å². The molecular formula is C16H10Br2N2O. The average Bonchev–Trinajstić information content (AvgIpc) is 2.53. The van der Waals surface area contributed by atoms with Gasteiger partial charge in [-0.2, -0.15) is 0 Å². The average molecular weight is 406 g/mol. The van der Waals surface area contributed by atoms with Crippen molar-refractivity contribution in [1.29, 1.82) is 0 Å². The van der Waals surface area contributed by atoms with Crippen LogP contribution in [0.25, 0.3) is 16.9 Å². The lowest BCUT2D eigenvalue weighted by atomic mass is 10.2. The Kier molecular flexibility index (Phi) is 4.03. The summed E-state index contributed by atoms with van der Waals surface area (Å²) in [5, 5.41) is 0. The topological polar surface area (TPSA) is 34.9 Å². The Hall–Kier alpha value is -1.72. The molecule has 0 bridgehead atoms. The molecule has 5 heteroatoms. The summed E-state index contributed by atoms with van der Waals surface area (Å²) in [6.45, 7) is 0. The van der Waals surface area contributed by atoms with Gasteiger partial charge in [-0.25, -0.2) is 0 Å². The number of nitrogens with zero attached hydrogens (tertiary/aromatic N) is 2. The minimum Gasteiger partial charge on any atom is -0.269 e. The van der Waals surface area contributed by atoms with E-state index in [0.29, 0.717) is 9.08 Å². The first-order valence-corrected chi connectivity index (χ1v) is 7.85. The maximum absolute atomic E-state index is 12.4. The number of hydrogen-bond acceptors (Lipinski definition) is 2. The van der Waals surface area contributed by atoms with Crippen LogP contribution in [0.1, 0.15) is 0 Å². The van der Waals surface area contributed by atoms with Crippen LogP contribution in [0.15, 0.2) is 74.7 Å². The first-order valence-electron chi connectivity index (χ1n) is 6.26. The van der Waals surface area contributed by atoms with Gasteiger partial charge in [-0.3, -0.25) is 14.3 Å². The highest BCUT2D eigenvalue weighted by Crippen LogP contribution is 2.29. The predicted molar refractivity (Wildman–Crippen MR) is 90.7 cm³/mol. The van der Waals surface area contributed by atoms with Gasteiger partial charge >= 0.3 is 0 Å². The van der Waals surface area contributed by atoms with Gasteiger partial charge in [0, 0.05) is 17.4 Å². The van der Waals surface area contributed by atoms with Crippen molar-refractivity contribution in [2.75, 3.05) is 0 Å². The monoisotopic (exact) mass is 404 g/mol. The van der Waals surface area contributed by atoms with E-state index in [1.54, 1.807) is 16.8 Å². The van der Waals surface area contributed by atoms with Crippen LogP contribution < -0.4 is 5.56 Å². The quantitative estimate of drug-likeness (QED) is 0.591. The number of para-hydroxylation sites is 1. The highest BCUT2D eigenvalue weighted by Gasteiger charge is 2.14. The summed E-state index contributed by atoms with van der Waals surface area (Å²) in [5.41, 5.74) is 2.33. The molecule has 0 saturated carbocycles. The fraction of sp³-hybridized carbons (Fsp3) is 0. The van der Waals surface area contributed by atoms with Crippen LogP contribution in [0.5, 0.6) is 0 Å². The normalized spacial score (nSPS) is 10.6. The molecule has 104 valence electrons. The zero-order valence-corrected chi connectivity index (χ0v) is 14.0. The molecule has 0 fully saturated rings. The van der Waals surface area contributed by atoms with Crippen LogP contribution in [-0.2, 0) is 0 Å². The third kappa shape index (κ3) is 2.71. The Labute approximate surface area is 138 Å². The highest BCUT2D eigenvalue weighted by molar-refractivity contribution is 9.11. The van der Waals surface area contributed by atoms with Gasteiger partial charge in [0.15, 0.2) is 0 Å². The van der Waals surface area contributed by atoms with E-state index in [4.69, 9.17) is 0 Å². The van der Waals surface area contributed by atoms with Crippen molar-refractivity contribution in [3.05, 3.63) is 80.2 Å². The van der Waals surface area contributed by atoms with Crippen molar-refractivity contribution >= 4 is 31.9 Å². The molecule has 0 unspecified atom stereocenters. The Morgan fingerprint density at radius 2 is 1.67 bits per heavy atom. The van der Waals surface area contributed by atoms with E-state index in [-0.39, 0.29) is 5.56 Å². The second-order valence-corrected chi connectivity index (χ2v) is 5.99. The van der Waals surface area contributed by atoms with Gasteiger partial charge in [0.25, 0.3) is 5.56 Å². The molecule has 0 aliphatic heterocycles. The van der Waals surface area contributed by atoms with Crippen molar-refractivity contribution < 1.29 is 0 Å². The Morgan fingerprint density at radius 3 is 2.33 bits per heavy atom. The van der Waals surface area contributed by atoms with Gasteiger partial charge in [-0.1, -0.05) is 24.3 Å². The van der Waals surface area contributed by atoms with E-state index >= 15 is 0 Å². The Morgan fingerprint density at radius 1 is 0.952 bits per heavy atom. The first-order chi connectivity index (χ1) is 10.2. The molecule has 0 spiro atoms. The second-order valence-electron chi connectivity index (χ2n) is 4.39. The molecule has 2 aromatic heterocycles. The Balaban J connectivity index is 2.31. The maximum atomic E-state index is 12.4. The van der Waals surface area contributed by atoms with Gasteiger partial charge in [-0.15, -0.1) is 0 Å². The lowest BCUT2D eigenvalue weighted by Crippen LogP contribution is -2.20. The summed E-state index contributed by atoms with van der Waals surface area (Å²) in [7, 11) is 0. The van der Waals surface area contributed by atoms with Gasteiger partial charge in [-0.05, 0) is 62.2 Å². The Bertz CT molecular complexity index is 830. The molecule has 0 amide bonds. The third-order valence-electron chi connectivity index (χ3n) is 3.05. The van der Waals surface area contributed by atoms with Crippen molar-refractivity contribution in [1.82, 2.24) is 9.55 Å². The van der Waals surface area contributed by atoms with Crippen LogP contribution in [0.2, 0.25) is 0 Å². The van der Waals surface area contributed by atoms with Crippen LogP contribution >= 0.6 is 31.9 Å². The van der Waals surface area contributed by atoms with Crippen LogP contribution in [0.4, 0.5) is 0 Å². The fourth-order valence-corrected chi connectivity index (χ4v) is 3.16. The van der Waals surface area contributed by atoms with Gasteiger partial charge in [0.1, 0.15) is 4.60 Å². The molecule has 0 aliphatic rings. The summed E-state index contributed by atoms with van der Waals surface area (Å²) in [5.74, 6) is 0. The van der Waals surface area contributed by atoms with Crippen LogP contribution in [0.3, 0.4) is 0 Å². The van der Waals surface area contributed by atoms with E-state index in [1.165, 1.54) is 0 Å². The van der Waals surface area contributed by atoms with E-state index in [9.17, 15) is 4.79 Å². The zero-order chi connectivity index (χ0) is 14.8. The van der Waals surface area contributed by atoms with Gasteiger partial charge in [0.05, 0.1) is 10.2 Å². The minimum atomic E-state index is -0.118. The molecule has 3 aromatic rings. The lowest BCUT2D eigenvalue weighted by Gasteiger charge is -2.13. The number of pyridine rings is 2. The van der Waals surface area contributed by atoms with Gasteiger partial charge < -0.3 is 0 Å². The molecule has 1 aromatic carbocycles. The summed E-state index contributed by atoms with van der Waals surface area (Å²) in [4.78, 5) is 16.8. The summed E-state index contributed by atoms with van der Waals surface area (Å²) in [6, 6.07) is 17.0. The number of halogens is 2. The number of aromatic nitrogens is 2. The molecule has 3 rings (SSSR count). The standard InChI is InChI=1S/C16H10Br2N2O/c17-13-10-12(14-8-4-5-9-19-14)15(18)20(16(13)21)11-6-2-1-3-7-11/h1-10H. The molecule has 0 N–H and O–H groups in total. The molecule has 0 radical (unpaired) electrons. The largest absolute Gasteiger partial charge is 0.270 e. The summed E-state index contributed by atoms with van der Waals surface area (Å²) >= 11 is 6.89. The molecule has 0 saturated heterocycles. The highest BCUT2D eigenvalue weighted by atomic mass is 79.9. The van der Waals surface area contributed by atoms with Gasteiger partial charge in [0.2, 0.25) is 0 Å². The van der Waals surface area contributed by atoms with Crippen LogP contribution in [0, 0.1) is 0 Å². The fourth-order valence-electron chi connectivity index (χ4n) is 2.07. The number of hydrogen-bond donors (Lipinski definition) is 0. The van der Waals surface area contributed by atoms with Crippen molar-refractivity contribution in [3.8, 4) is 16.9 Å². The summed E-state index contributed by atoms with van der Waals surface area (Å²) < 4.78 is 2.80. The van der Waals surface area contributed by atoms with Crippen LogP contribution in [-0.4, -0.2) is 9.55 Å². The molecular weight excluding hydrogens is 396 g/mol. The molecule has 21 heavy (non-hydrogen) atoms. The number of benzene rings is 1. The van der Waals surface area contributed by atoms with E-state index in [0.717, 1.165) is 16.9 Å². The molecule has 3 nitrogen and oxygen atoms in total. The zero-order valence-electron chi connectivity index (χ0n) is 10.8. The molecule has 0 atom stereocenters. The van der Waals surface area contributed by atoms with E-state index < -0.39 is 0 Å². The van der Waals surface area contributed by atoms with E-state index in [1.807, 2.05) is 48.5 Å².